The van der Waals surface area contributed by atoms with Crippen LogP contribution in [0.2, 0.25) is 0 Å². The molecule has 1 N–H and O–H groups in total. The van der Waals surface area contributed by atoms with E-state index in [1.165, 1.54) is 0 Å². The van der Waals surface area contributed by atoms with Crippen LogP contribution in [0.1, 0.15) is 32.6 Å². The van der Waals surface area contributed by atoms with E-state index in [0.29, 0.717) is 12.1 Å². The molecule has 0 radical (unpaired) electrons. The zero-order valence-corrected chi connectivity index (χ0v) is 13.6. The predicted octanol–water partition coefficient (Wildman–Crippen LogP) is 4.07. The molecule has 1 aromatic heterocycles. The van der Waals surface area contributed by atoms with Crippen LogP contribution in [0.4, 0.5) is 5.69 Å². The van der Waals surface area contributed by atoms with Crippen molar-refractivity contribution in [1.29, 1.82) is 0 Å². The van der Waals surface area contributed by atoms with E-state index in [4.69, 9.17) is 0 Å². The summed E-state index contributed by atoms with van der Waals surface area (Å²) in [5.74, 6) is 0.156. The van der Waals surface area contributed by atoms with Gasteiger partial charge in [-0.3, -0.25) is 9.71 Å². The van der Waals surface area contributed by atoms with Crippen molar-refractivity contribution >= 4 is 15.7 Å². The number of nitrogens with one attached hydrogen (secondary N) is 1. The standard InChI is InChI=1S/C17H22N2O2S/c1-2-3-4-9-14-22(20,21)19-17-12-6-5-10-15(17)16-11-7-8-13-18-16/h5-8,10-13,19H,2-4,9,14H2,1H3. The Balaban J connectivity index is 2.13. The maximum atomic E-state index is 12.2. The van der Waals surface area contributed by atoms with Gasteiger partial charge in [-0.25, -0.2) is 8.42 Å². The highest BCUT2D eigenvalue weighted by molar-refractivity contribution is 7.92. The third-order valence-corrected chi connectivity index (χ3v) is 4.76. The van der Waals surface area contributed by atoms with Gasteiger partial charge in [0.1, 0.15) is 0 Å². The van der Waals surface area contributed by atoms with Gasteiger partial charge in [-0.15, -0.1) is 0 Å². The van der Waals surface area contributed by atoms with Crippen LogP contribution in [0.25, 0.3) is 11.3 Å². The molecule has 4 nitrogen and oxygen atoms in total. The number of nitrogens with zero attached hydrogens (tertiary/aromatic N) is 1. The molecule has 0 spiro atoms. The molecule has 1 heterocycles. The molecule has 0 aliphatic rings. The van der Waals surface area contributed by atoms with E-state index in [1.807, 2.05) is 36.4 Å². The zero-order chi connectivity index (χ0) is 15.8. The number of para-hydroxylation sites is 1. The van der Waals surface area contributed by atoms with E-state index in [-0.39, 0.29) is 5.75 Å². The van der Waals surface area contributed by atoms with Crippen LogP contribution in [-0.2, 0) is 10.0 Å². The minimum Gasteiger partial charge on any atom is -0.283 e. The Hall–Kier alpha value is -1.88. The predicted molar refractivity (Wildman–Crippen MR) is 91.2 cm³/mol. The summed E-state index contributed by atoms with van der Waals surface area (Å²) < 4.78 is 27.1. The molecule has 1 aromatic carbocycles. The quantitative estimate of drug-likeness (QED) is 0.746. The molecule has 0 saturated heterocycles. The van der Waals surface area contributed by atoms with E-state index in [9.17, 15) is 8.42 Å². The van der Waals surface area contributed by atoms with Gasteiger partial charge in [0, 0.05) is 11.8 Å². The molecule has 2 aromatic rings. The number of benzene rings is 1. The summed E-state index contributed by atoms with van der Waals surface area (Å²) in [5.41, 5.74) is 2.13. The number of hydrogen-bond acceptors (Lipinski definition) is 3. The number of sulfonamides is 1. The van der Waals surface area contributed by atoms with Gasteiger partial charge < -0.3 is 0 Å². The molecule has 2 rings (SSSR count). The zero-order valence-electron chi connectivity index (χ0n) is 12.8. The van der Waals surface area contributed by atoms with Crippen LogP contribution in [0.3, 0.4) is 0 Å². The van der Waals surface area contributed by atoms with E-state index in [0.717, 1.165) is 30.5 Å². The molecule has 5 heteroatoms. The first-order chi connectivity index (χ1) is 10.6. The highest BCUT2D eigenvalue weighted by Crippen LogP contribution is 2.26. The maximum absolute atomic E-state index is 12.2. The lowest BCUT2D eigenvalue weighted by molar-refractivity contribution is 0.594. The number of pyridine rings is 1. The summed E-state index contributed by atoms with van der Waals surface area (Å²) in [4.78, 5) is 4.29. The van der Waals surface area contributed by atoms with Crippen molar-refractivity contribution in [3.63, 3.8) is 0 Å². The van der Waals surface area contributed by atoms with E-state index >= 15 is 0 Å². The van der Waals surface area contributed by atoms with Crippen molar-refractivity contribution in [3.8, 4) is 11.3 Å². The fraction of sp³-hybridized carbons (Fsp3) is 0.353. The summed E-state index contributed by atoms with van der Waals surface area (Å²) in [6.45, 7) is 2.11. The Morgan fingerprint density at radius 1 is 1.00 bits per heavy atom. The van der Waals surface area contributed by atoms with Gasteiger partial charge in [0.15, 0.2) is 0 Å². The van der Waals surface area contributed by atoms with Gasteiger partial charge in [0.2, 0.25) is 10.0 Å². The Morgan fingerprint density at radius 3 is 2.50 bits per heavy atom. The van der Waals surface area contributed by atoms with Crippen LogP contribution in [0, 0.1) is 0 Å². The second-order valence-corrected chi connectivity index (χ2v) is 7.08. The third-order valence-electron chi connectivity index (χ3n) is 3.40. The van der Waals surface area contributed by atoms with E-state index in [1.54, 1.807) is 12.3 Å². The van der Waals surface area contributed by atoms with Crippen LogP contribution < -0.4 is 4.72 Å². The smallest absolute Gasteiger partial charge is 0.232 e. The van der Waals surface area contributed by atoms with Crippen molar-refractivity contribution in [2.45, 2.75) is 32.6 Å². The topological polar surface area (TPSA) is 59.1 Å². The average Bonchev–Trinajstić information content (AvgIpc) is 2.53. The highest BCUT2D eigenvalue weighted by atomic mass is 32.2. The lowest BCUT2D eigenvalue weighted by atomic mass is 10.1. The summed E-state index contributed by atoms with van der Waals surface area (Å²) in [5, 5.41) is 0. The molecule has 0 fully saturated rings. The summed E-state index contributed by atoms with van der Waals surface area (Å²) in [7, 11) is -3.32. The second kappa shape index (κ2) is 7.94. The molecular formula is C17H22N2O2S. The van der Waals surface area contributed by atoms with Crippen LogP contribution in [0.5, 0.6) is 0 Å². The minimum atomic E-state index is -3.32. The average molecular weight is 318 g/mol. The van der Waals surface area contributed by atoms with E-state index < -0.39 is 10.0 Å². The number of aromatic nitrogens is 1. The number of rotatable bonds is 8. The van der Waals surface area contributed by atoms with Crippen molar-refractivity contribution < 1.29 is 8.42 Å². The maximum Gasteiger partial charge on any atom is 0.232 e. The first-order valence-corrected chi connectivity index (χ1v) is 9.28. The van der Waals surface area contributed by atoms with Gasteiger partial charge >= 0.3 is 0 Å². The fourth-order valence-corrected chi connectivity index (χ4v) is 3.45. The van der Waals surface area contributed by atoms with Crippen LogP contribution in [-0.4, -0.2) is 19.2 Å². The first kappa shape index (κ1) is 16.5. The minimum absolute atomic E-state index is 0.156. The SMILES string of the molecule is CCCCCCS(=O)(=O)Nc1ccccc1-c1ccccn1. The molecule has 0 aliphatic heterocycles. The molecule has 0 amide bonds. The molecule has 0 unspecified atom stereocenters. The van der Waals surface area contributed by atoms with Crippen molar-refractivity contribution in [2.75, 3.05) is 10.5 Å². The number of hydrogen-bond donors (Lipinski definition) is 1. The second-order valence-electron chi connectivity index (χ2n) is 5.24. The lowest BCUT2D eigenvalue weighted by Crippen LogP contribution is -2.17. The fourth-order valence-electron chi connectivity index (χ4n) is 2.25. The highest BCUT2D eigenvalue weighted by Gasteiger charge is 2.13. The van der Waals surface area contributed by atoms with Gasteiger partial charge in [-0.05, 0) is 24.6 Å². The lowest BCUT2D eigenvalue weighted by Gasteiger charge is -2.12. The molecule has 0 atom stereocenters. The van der Waals surface area contributed by atoms with Crippen LogP contribution >= 0.6 is 0 Å². The van der Waals surface area contributed by atoms with Crippen molar-refractivity contribution in [1.82, 2.24) is 4.98 Å². The normalized spacial score (nSPS) is 11.3. The summed E-state index contributed by atoms with van der Waals surface area (Å²) in [6.07, 6.45) is 5.50. The van der Waals surface area contributed by atoms with Crippen LogP contribution in [0.15, 0.2) is 48.7 Å². The number of anilines is 1. The van der Waals surface area contributed by atoms with Gasteiger partial charge in [-0.2, -0.15) is 0 Å². The van der Waals surface area contributed by atoms with E-state index in [2.05, 4.69) is 16.6 Å². The third kappa shape index (κ3) is 4.84. The monoisotopic (exact) mass is 318 g/mol. The molecule has 22 heavy (non-hydrogen) atoms. The van der Waals surface area contributed by atoms with Gasteiger partial charge in [-0.1, -0.05) is 50.5 Å². The summed E-state index contributed by atoms with van der Waals surface area (Å²) in [6, 6.07) is 12.9. The molecular weight excluding hydrogens is 296 g/mol. The molecule has 0 bridgehead atoms. The first-order valence-electron chi connectivity index (χ1n) is 7.63. The Labute approximate surface area is 132 Å². The Morgan fingerprint density at radius 2 is 1.77 bits per heavy atom. The number of unbranched alkanes of at least 4 members (excludes halogenated alkanes) is 3. The molecule has 0 aliphatic carbocycles. The van der Waals surface area contributed by atoms with Gasteiger partial charge in [0.05, 0.1) is 17.1 Å². The largest absolute Gasteiger partial charge is 0.283 e. The molecule has 0 saturated carbocycles. The molecule has 118 valence electrons. The summed E-state index contributed by atoms with van der Waals surface area (Å²) >= 11 is 0. The van der Waals surface area contributed by atoms with Gasteiger partial charge in [0.25, 0.3) is 0 Å². The Kier molecular flexibility index (Phi) is 5.95. The van der Waals surface area contributed by atoms with Crippen molar-refractivity contribution in [3.05, 3.63) is 48.7 Å². The van der Waals surface area contributed by atoms with Crippen molar-refractivity contribution in [2.24, 2.45) is 0 Å². The Bertz CT molecular complexity index is 685.